The van der Waals surface area contributed by atoms with Crippen LogP contribution in [-0.4, -0.2) is 5.97 Å². The van der Waals surface area contributed by atoms with Crippen LogP contribution in [-0.2, 0) is 0 Å². The maximum absolute atomic E-state index is 12.4. The molecule has 0 aliphatic rings. The third-order valence-corrected chi connectivity index (χ3v) is 5.66. The van der Waals surface area contributed by atoms with E-state index in [1.807, 2.05) is 42.5 Å². The van der Waals surface area contributed by atoms with E-state index in [-0.39, 0.29) is 20.8 Å². The van der Waals surface area contributed by atoms with Crippen LogP contribution in [0.5, 0.6) is 5.75 Å². The van der Waals surface area contributed by atoms with Crippen LogP contribution in [0.3, 0.4) is 0 Å². The second kappa shape index (κ2) is 9.94. The number of carbonyl (C=O) groups excluding carboxylic acids is 1. The van der Waals surface area contributed by atoms with Crippen LogP contribution in [0.1, 0.15) is 21.5 Å². The summed E-state index contributed by atoms with van der Waals surface area (Å²) in [6.45, 7) is 0. The van der Waals surface area contributed by atoms with Crippen molar-refractivity contribution in [3.63, 3.8) is 0 Å². The molecule has 0 heterocycles. The summed E-state index contributed by atoms with van der Waals surface area (Å²) in [6, 6.07) is 27.9. The second-order valence-corrected chi connectivity index (χ2v) is 8.08. The lowest BCUT2D eigenvalue weighted by molar-refractivity contribution is 0.0735. The maximum Gasteiger partial charge on any atom is 0.343 e. The van der Waals surface area contributed by atoms with Gasteiger partial charge in [-0.25, -0.2) is 4.79 Å². The molecule has 5 heteroatoms. The van der Waals surface area contributed by atoms with Gasteiger partial charge in [0, 0.05) is 17.2 Å². The molecule has 32 heavy (non-hydrogen) atoms. The second-order valence-electron chi connectivity index (χ2n) is 6.86. The van der Waals surface area contributed by atoms with Crippen molar-refractivity contribution in [1.82, 2.24) is 0 Å². The van der Waals surface area contributed by atoms with Gasteiger partial charge < -0.3 is 4.74 Å². The number of ether oxygens (including phenoxy) is 1. The fraction of sp³-hybridized carbons (Fsp3) is 0. The van der Waals surface area contributed by atoms with E-state index in [0.717, 1.165) is 22.3 Å². The first-order chi connectivity index (χ1) is 15.5. The van der Waals surface area contributed by atoms with Gasteiger partial charge in [0.25, 0.3) is 0 Å². The zero-order valence-corrected chi connectivity index (χ0v) is 18.9. The maximum atomic E-state index is 12.4. The van der Waals surface area contributed by atoms with E-state index in [1.54, 1.807) is 24.3 Å². The Morgan fingerprint density at radius 3 is 1.78 bits per heavy atom. The Labute approximate surface area is 201 Å². The molecule has 0 spiro atoms. The number of rotatable bonds is 3. The van der Waals surface area contributed by atoms with Crippen molar-refractivity contribution >= 4 is 40.8 Å². The van der Waals surface area contributed by atoms with Crippen molar-refractivity contribution in [3.8, 4) is 28.7 Å². The predicted octanol–water partition coefficient (Wildman–Crippen LogP) is 7.93. The molecule has 0 unspecified atom stereocenters. The Kier molecular flexibility index (Phi) is 6.83. The fourth-order valence-electron chi connectivity index (χ4n) is 2.95. The standard InChI is InChI=1S/C27H15Cl3O2/c28-23-16-25(30)26(17-24(23)29)32-27(31)22-14-10-19(11-15-22)7-6-18-8-12-21(13-9-18)20-4-2-1-3-5-20/h1-5,8-17H. The molecular weight excluding hydrogens is 463 g/mol. The van der Waals surface area contributed by atoms with Crippen LogP contribution < -0.4 is 4.74 Å². The van der Waals surface area contributed by atoms with Gasteiger partial charge in [-0.3, -0.25) is 0 Å². The molecule has 0 fully saturated rings. The zero-order chi connectivity index (χ0) is 22.5. The van der Waals surface area contributed by atoms with E-state index < -0.39 is 5.97 Å². The molecule has 0 aromatic heterocycles. The highest BCUT2D eigenvalue weighted by atomic mass is 35.5. The lowest BCUT2D eigenvalue weighted by atomic mass is 10.0. The normalized spacial score (nSPS) is 10.2. The first-order valence-corrected chi connectivity index (χ1v) is 10.8. The highest BCUT2D eigenvalue weighted by Gasteiger charge is 2.13. The summed E-state index contributed by atoms with van der Waals surface area (Å²) in [6.07, 6.45) is 0. The van der Waals surface area contributed by atoms with Crippen molar-refractivity contribution in [2.45, 2.75) is 0 Å². The molecule has 4 aromatic carbocycles. The van der Waals surface area contributed by atoms with Gasteiger partial charge in [0.15, 0.2) is 5.75 Å². The first kappa shape index (κ1) is 22.0. The van der Waals surface area contributed by atoms with Crippen molar-refractivity contribution < 1.29 is 9.53 Å². The Morgan fingerprint density at radius 2 is 1.16 bits per heavy atom. The van der Waals surface area contributed by atoms with Gasteiger partial charge in [-0.15, -0.1) is 0 Å². The highest BCUT2D eigenvalue weighted by molar-refractivity contribution is 6.43. The summed E-state index contributed by atoms with van der Waals surface area (Å²) < 4.78 is 5.33. The Balaban J connectivity index is 1.44. The molecule has 0 N–H and O–H groups in total. The van der Waals surface area contributed by atoms with Crippen LogP contribution in [0.25, 0.3) is 11.1 Å². The van der Waals surface area contributed by atoms with Crippen LogP contribution in [0, 0.1) is 11.8 Å². The number of hydrogen-bond donors (Lipinski definition) is 0. The minimum Gasteiger partial charge on any atom is -0.421 e. The first-order valence-electron chi connectivity index (χ1n) is 9.64. The van der Waals surface area contributed by atoms with Crippen molar-refractivity contribution in [3.05, 3.63) is 123 Å². The van der Waals surface area contributed by atoms with Gasteiger partial charge in [0.05, 0.1) is 20.6 Å². The third-order valence-electron chi connectivity index (χ3n) is 4.64. The molecule has 0 atom stereocenters. The van der Waals surface area contributed by atoms with Crippen molar-refractivity contribution in [2.24, 2.45) is 0 Å². The molecule has 0 aliphatic carbocycles. The third kappa shape index (κ3) is 5.33. The number of halogens is 3. The fourth-order valence-corrected chi connectivity index (χ4v) is 3.53. The SMILES string of the molecule is O=C(Oc1cc(Cl)c(Cl)cc1Cl)c1ccc(C#Cc2ccc(-c3ccccc3)cc2)cc1. The van der Waals surface area contributed by atoms with E-state index in [9.17, 15) is 4.79 Å². The van der Waals surface area contributed by atoms with Gasteiger partial charge in [0.1, 0.15) is 0 Å². The summed E-state index contributed by atoms with van der Waals surface area (Å²) in [5.74, 6) is 5.83. The summed E-state index contributed by atoms with van der Waals surface area (Å²) >= 11 is 17.9. The molecule has 0 radical (unpaired) electrons. The topological polar surface area (TPSA) is 26.3 Å². The lowest BCUT2D eigenvalue weighted by Crippen LogP contribution is -2.08. The predicted molar refractivity (Wildman–Crippen MR) is 131 cm³/mol. The number of esters is 1. The molecule has 0 amide bonds. The van der Waals surface area contributed by atoms with Gasteiger partial charge in [-0.05, 0) is 53.6 Å². The molecule has 4 rings (SSSR count). The molecule has 0 saturated heterocycles. The van der Waals surface area contributed by atoms with E-state index in [1.165, 1.54) is 12.1 Å². The minimum absolute atomic E-state index is 0.147. The van der Waals surface area contributed by atoms with Gasteiger partial charge >= 0.3 is 5.97 Å². The molecule has 156 valence electrons. The summed E-state index contributed by atoms with van der Waals surface area (Å²) in [4.78, 5) is 12.4. The van der Waals surface area contributed by atoms with E-state index in [2.05, 4.69) is 24.0 Å². The Morgan fingerprint density at radius 1 is 0.625 bits per heavy atom. The van der Waals surface area contributed by atoms with E-state index in [4.69, 9.17) is 39.5 Å². The molecule has 0 aliphatic heterocycles. The Bertz CT molecular complexity index is 1320. The summed E-state index contributed by atoms with van der Waals surface area (Å²) in [5.41, 5.74) is 4.35. The smallest absolute Gasteiger partial charge is 0.343 e. The van der Waals surface area contributed by atoms with Crippen molar-refractivity contribution in [1.29, 1.82) is 0 Å². The van der Waals surface area contributed by atoms with Crippen LogP contribution in [0.4, 0.5) is 0 Å². The number of benzene rings is 4. The molecule has 0 bridgehead atoms. The molecule has 4 aromatic rings. The summed E-state index contributed by atoms with van der Waals surface area (Å²) in [5, 5.41) is 0.740. The number of hydrogen-bond acceptors (Lipinski definition) is 2. The van der Waals surface area contributed by atoms with Crippen LogP contribution in [0.15, 0.2) is 91.0 Å². The minimum atomic E-state index is -0.554. The quantitative estimate of drug-likeness (QED) is 0.130. The van der Waals surface area contributed by atoms with Crippen molar-refractivity contribution in [2.75, 3.05) is 0 Å². The van der Waals surface area contributed by atoms with Gasteiger partial charge in [-0.2, -0.15) is 0 Å². The highest BCUT2D eigenvalue weighted by Crippen LogP contribution is 2.34. The number of carbonyl (C=O) groups is 1. The average Bonchev–Trinajstić information content (AvgIpc) is 2.82. The molecule has 2 nitrogen and oxygen atoms in total. The average molecular weight is 478 g/mol. The van der Waals surface area contributed by atoms with Crippen LogP contribution in [0.2, 0.25) is 15.1 Å². The monoisotopic (exact) mass is 476 g/mol. The molecular formula is C27H15Cl3O2. The van der Waals surface area contributed by atoms with Gasteiger partial charge in [0.2, 0.25) is 0 Å². The Hall–Kier alpha value is -3.22. The zero-order valence-electron chi connectivity index (χ0n) is 16.6. The van der Waals surface area contributed by atoms with E-state index >= 15 is 0 Å². The summed E-state index contributed by atoms with van der Waals surface area (Å²) in [7, 11) is 0. The van der Waals surface area contributed by atoms with E-state index in [0.29, 0.717) is 5.56 Å². The molecule has 0 saturated carbocycles. The van der Waals surface area contributed by atoms with Crippen LogP contribution >= 0.6 is 34.8 Å². The van der Waals surface area contributed by atoms with Gasteiger partial charge in [-0.1, -0.05) is 89.1 Å². The largest absolute Gasteiger partial charge is 0.421 e. The lowest BCUT2D eigenvalue weighted by Gasteiger charge is -2.07.